The lowest BCUT2D eigenvalue weighted by Crippen LogP contribution is -2.41. The van der Waals surface area contributed by atoms with E-state index in [9.17, 15) is 4.79 Å². The van der Waals surface area contributed by atoms with Crippen LogP contribution in [0.5, 0.6) is 0 Å². The summed E-state index contributed by atoms with van der Waals surface area (Å²) in [4.78, 5) is 13.1. The molecule has 1 aliphatic rings. The Morgan fingerprint density at radius 3 is 2.47 bits per heavy atom. The Morgan fingerprint density at radius 2 is 2.13 bits per heavy atom. The molecule has 1 rings (SSSR count). The van der Waals surface area contributed by atoms with E-state index in [1.54, 1.807) is 0 Å². The largest absolute Gasteiger partial charge is 0.481 e. The fraction of sp³-hybridized carbons (Fsp3) is 0.917. The summed E-state index contributed by atoms with van der Waals surface area (Å²) in [5, 5.41) is 8.84. The highest BCUT2D eigenvalue weighted by atomic mass is 16.4. The molecule has 0 bridgehead atoms. The molecule has 15 heavy (non-hydrogen) atoms. The normalized spacial score (nSPS) is 18.9. The van der Waals surface area contributed by atoms with E-state index in [0.717, 1.165) is 25.4 Å². The lowest BCUT2D eigenvalue weighted by atomic mass is 9.84. The number of rotatable bonds is 7. The van der Waals surface area contributed by atoms with Crippen LogP contribution in [0.4, 0.5) is 0 Å². The van der Waals surface area contributed by atoms with Gasteiger partial charge in [0.05, 0.1) is 6.42 Å². The van der Waals surface area contributed by atoms with Crippen LogP contribution in [0.2, 0.25) is 0 Å². The highest BCUT2D eigenvalue weighted by Gasteiger charge is 2.24. The summed E-state index contributed by atoms with van der Waals surface area (Å²) in [7, 11) is 0. The number of hydrogen-bond acceptors (Lipinski definition) is 2. The first-order chi connectivity index (χ1) is 7.17. The molecule has 0 aromatic heterocycles. The Hall–Kier alpha value is -0.570. The molecule has 0 aromatic rings. The molecule has 0 radical (unpaired) electrons. The van der Waals surface area contributed by atoms with Gasteiger partial charge in [-0.3, -0.25) is 9.69 Å². The van der Waals surface area contributed by atoms with Crippen LogP contribution in [0.25, 0.3) is 0 Å². The first-order valence-corrected chi connectivity index (χ1v) is 6.13. The molecule has 1 N–H and O–H groups in total. The van der Waals surface area contributed by atoms with Gasteiger partial charge in [-0.2, -0.15) is 0 Å². The first kappa shape index (κ1) is 12.5. The van der Waals surface area contributed by atoms with Crippen molar-refractivity contribution in [1.82, 2.24) is 4.90 Å². The van der Waals surface area contributed by atoms with Gasteiger partial charge in [0.25, 0.3) is 0 Å². The third-order valence-corrected chi connectivity index (χ3v) is 3.52. The second-order valence-electron chi connectivity index (χ2n) is 4.54. The van der Waals surface area contributed by atoms with E-state index in [1.165, 1.54) is 19.3 Å². The van der Waals surface area contributed by atoms with Gasteiger partial charge in [-0.15, -0.1) is 0 Å². The quantitative estimate of drug-likeness (QED) is 0.705. The van der Waals surface area contributed by atoms with E-state index in [-0.39, 0.29) is 12.5 Å². The van der Waals surface area contributed by atoms with Gasteiger partial charge in [0.1, 0.15) is 0 Å². The van der Waals surface area contributed by atoms with Crippen LogP contribution in [-0.4, -0.2) is 35.1 Å². The monoisotopic (exact) mass is 213 g/mol. The minimum Gasteiger partial charge on any atom is -0.481 e. The average molecular weight is 213 g/mol. The third kappa shape index (κ3) is 3.82. The molecule has 1 atom stereocenters. The van der Waals surface area contributed by atoms with E-state index in [4.69, 9.17) is 5.11 Å². The number of carbonyl (C=O) groups is 1. The molecule has 0 aromatic carbocycles. The zero-order valence-electron chi connectivity index (χ0n) is 9.91. The Bertz CT molecular complexity index is 202. The molecule has 1 fully saturated rings. The molecule has 3 nitrogen and oxygen atoms in total. The summed E-state index contributed by atoms with van der Waals surface area (Å²) in [6, 6.07) is 0.230. The minimum absolute atomic E-state index is 0.230. The number of nitrogens with zero attached hydrogens (tertiary/aromatic N) is 1. The lowest BCUT2D eigenvalue weighted by molar-refractivity contribution is -0.138. The summed E-state index contributed by atoms with van der Waals surface area (Å²) in [5.41, 5.74) is 0. The number of hydrogen-bond donors (Lipinski definition) is 1. The van der Waals surface area contributed by atoms with E-state index in [1.807, 2.05) is 0 Å². The van der Waals surface area contributed by atoms with Gasteiger partial charge >= 0.3 is 5.97 Å². The molecule has 0 spiro atoms. The van der Waals surface area contributed by atoms with Crippen LogP contribution in [-0.2, 0) is 4.79 Å². The highest BCUT2D eigenvalue weighted by molar-refractivity contribution is 5.67. The van der Waals surface area contributed by atoms with Crippen molar-refractivity contribution >= 4 is 5.97 Å². The molecule has 3 heteroatoms. The zero-order valence-corrected chi connectivity index (χ0v) is 9.91. The molecule has 0 heterocycles. The van der Waals surface area contributed by atoms with Gasteiger partial charge in [-0.25, -0.2) is 0 Å². The maximum atomic E-state index is 10.7. The van der Waals surface area contributed by atoms with Crippen molar-refractivity contribution in [2.24, 2.45) is 5.92 Å². The number of aliphatic carboxylic acids is 1. The summed E-state index contributed by atoms with van der Waals surface area (Å²) >= 11 is 0. The van der Waals surface area contributed by atoms with E-state index in [0.29, 0.717) is 0 Å². The predicted molar refractivity (Wildman–Crippen MR) is 60.9 cm³/mol. The van der Waals surface area contributed by atoms with Gasteiger partial charge in [0, 0.05) is 12.6 Å². The van der Waals surface area contributed by atoms with Gasteiger partial charge in [0.15, 0.2) is 0 Å². The molecular weight excluding hydrogens is 190 g/mol. The van der Waals surface area contributed by atoms with Crippen molar-refractivity contribution < 1.29 is 9.90 Å². The SMILES string of the molecule is CCC(CC(=O)O)N(CC)CC1CCC1. The maximum Gasteiger partial charge on any atom is 0.304 e. The standard InChI is InChI=1S/C12H23NO2/c1-3-11(8-12(14)15)13(4-2)9-10-6-5-7-10/h10-11H,3-9H2,1-2H3,(H,14,15). The van der Waals surface area contributed by atoms with Crippen molar-refractivity contribution in [3.8, 4) is 0 Å². The summed E-state index contributed by atoms with van der Waals surface area (Å²) in [6.07, 6.45) is 5.25. The van der Waals surface area contributed by atoms with Crippen molar-refractivity contribution in [2.45, 2.75) is 52.0 Å². The summed E-state index contributed by atoms with van der Waals surface area (Å²) in [6.45, 7) is 6.28. The van der Waals surface area contributed by atoms with Gasteiger partial charge in [0.2, 0.25) is 0 Å². The second-order valence-corrected chi connectivity index (χ2v) is 4.54. The predicted octanol–water partition coefficient (Wildman–Crippen LogP) is 2.36. The molecule has 0 amide bonds. The Balaban J connectivity index is 2.40. The Labute approximate surface area is 92.5 Å². The molecule has 1 unspecified atom stereocenters. The maximum absolute atomic E-state index is 10.7. The molecule has 1 saturated carbocycles. The van der Waals surface area contributed by atoms with Crippen molar-refractivity contribution in [1.29, 1.82) is 0 Å². The molecule has 0 saturated heterocycles. The van der Waals surface area contributed by atoms with Gasteiger partial charge < -0.3 is 5.11 Å². The van der Waals surface area contributed by atoms with Crippen molar-refractivity contribution in [3.63, 3.8) is 0 Å². The highest BCUT2D eigenvalue weighted by Crippen LogP contribution is 2.28. The first-order valence-electron chi connectivity index (χ1n) is 6.13. The van der Waals surface area contributed by atoms with E-state index < -0.39 is 5.97 Å². The Morgan fingerprint density at radius 1 is 1.47 bits per heavy atom. The fourth-order valence-electron chi connectivity index (χ4n) is 2.28. The van der Waals surface area contributed by atoms with Gasteiger partial charge in [-0.1, -0.05) is 20.3 Å². The average Bonchev–Trinajstić information content (AvgIpc) is 2.13. The summed E-state index contributed by atoms with van der Waals surface area (Å²) < 4.78 is 0. The van der Waals surface area contributed by atoms with E-state index in [2.05, 4.69) is 18.7 Å². The smallest absolute Gasteiger partial charge is 0.304 e. The van der Waals surface area contributed by atoms with Crippen molar-refractivity contribution in [3.05, 3.63) is 0 Å². The van der Waals surface area contributed by atoms with Crippen LogP contribution >= 0.6 is 0 Å². The van der Waals surface area contributed by atoms with Crippen LogP contribution in [0.3, 0.4) is 0 Å². The minimum atomic E-state index is -0.672. The number of carboxylic acids is 1. The summed E-state index contributed by atoms with van der Waals surface area (Å²) in [5.74, 6) is 0.154. The van der Waals surface area contributed by atoms with Crippen molar-refractivity contribution in [2.75, 3.05) is 13.1 Å². The number of carboxylic acid groups (broad SMARTS) is 1. The molecule has 1 aliphatic carbocycles. The molecule has 0 aliphatic heterocycles. The third-order valence-electron chi connectivity index (χ3n) is 3.52. The second kappa shape index (κ2) is 6.11. The zero-order chi connectivity index (χ0) is 11.3. The van der Waals surface area contributed by atoms with Crippen LogP contribution in [0.15, 0.2) is 0 Å². The molecule has 88 valence electrons. The van der Waals surface area contributed by atoms with Crippen LogP contribution in [0, 0.1) is 5.92 Å². The van der Waals surface area contributed by atoms with Crippen LogP contribution < -0.4 is 0 Å². The van der Waals surface area contributed by atoms with Gasteiger partial charge in [-0.05, 0) is 31.7 Å². The lowest BCUT2D eigenvalue weighted by Gasteiger charge is -2.36. The van der Waals surface area contributed by atoms with E-state index >= 15 is 0 Å². The molecular formula is C12H23NO2. The fourth-order valence-corrected chi connectivity index (χ4v) is 2.28. The Kier molecular flexibility index (Phi) is 5.09. The van der Waals surface area contributed by atoms with Crippen LogP contribution in [0.1, 0.15) is 46.0 Å². The topological polar surface area (TPSA) is 40.5 Å².